The molecule has 0 bridgehead atoms. The molecule has 0 N–H and O–H groups in total. The molecule has 0 saturated carbocycles. The Morgan fingerprint density at radius 2 is 2.17 bits per heavy atom. The minimum absolute atomic E-state index is 0.416. The molecule has 3 unspecified atom stereocenters. The molecular formula is C10H19NO. The second-order valence-electron chi connectivity index (χ2n) is 3.65. The van der Waals surface area contributed by atoms with Gasteiger partial charge in [0.05, 0.1) is 6.10 Å². The maximum Gasteiger partial charge on any atom is 0.0604 e. The van der Waals surface area contributed by atoms with E-state index in [1.807, 2.05) is 6.08 Å². The van der Waals surface area contributed by atoms with Crippen LogP contribution in [0.5, 0.6) is 0 Å². The summed E-state index contributed by atoms with van der Waals surface area (Å²) in [5.41, 5.74) is 0. The van der Waals surface area contributed by atoms with Crippen molar-refractivity contribution in [3.8, 4) is 0 Å². The molecule has 0 radical (unpaired) electrons. The van der Waals surface area contributed by atoms with Gasteiger partial charge in [0.2, 0.25) is 0 Å². The van der Waals surface area contributed by atoms with Gasteiger partial charge < -0.3 is 4.74 Å². The number of methoxy groups -OCH3 is 1. The zero-order chi connectivity index (χ0) is 9.14. The molecule has 0 aromatic carbocycles. The second kappa shape index (κ2) is 4.06. The summed E-state index contributed by atoms with van der Waals surface area (Å²) in [6, 6.07) is 1.09. The predicted molar refractivity (Wildman–Crippen MR) is 51.2 cm³/mol. The van der Waals surface area contributed by atoms with E-state index in [4.69, 9.17) is 4.74 Å². The molecule has 0 spiro atoms. The fourth-order valence-corrected chi connectivity index (χ4v) is 1.86. The summed E-state index contributed by atoms with van der Waals surface area (Å²) in [6.45, 7) is 6.08. The molecule has 1 rings (SSSR count). The molecule has 70 valence electrons. The minimum atomic E-state index is 0.416. The first-order valence-electron chi connectivity index (χ1n) is 4.56. The van der Waals surface area contributed by atoms with Crippen LogP contribution in [0.1, 0.15) is 19.8 Å². The van der Waals surface area contributed by atoms with E-state index < -0.39 is 0 Å². The van der Waals surface area contributed by atoms with Crippen molar-refractivity contribution in [2.45, 2.75) is 38.0 Å². The molecular weight excluding hydrogens is 150 g/mol. The van der Waals surface area contributed by atoms with Crippen LogP contribution in [0.25, 0.3) is 0 Å². The van der Waals surface area contributed by atoms with Gasteiger partial charge in [-0.25, -0.2) is 0 Å². The Bertz CT molecular complexity index is 158. The fourth-order valence-electron chi connectivity index (χ4n) is 1.86. The molecule has 1 fully saturated rings. The van der Waals surface area contributed by atoms with E-state index in [9.17, 15) is 0 Å². The number of likely N-dealkylation sites (N-methyl/N-ethyl adjacent to an activating group) is 1. The third-order valence-corrected chi connectivity index (χ3v) is 2.93. The van der Waals surface area contributed by atoms with Gasteiger partial charge in [-0.05, 0) is 26.8 Å². The number of nitrogens with zero attached hydrogens (tertiary/aromatic N) is 1. The number of ether oxygens (including phenoxy) is 1. The van der Waals surface area contributed by atoms with Crippen molar-refractivity contribution in [3.63, 3.8) is 0 Å². The van der Waals surface area contributed by atoms with E-state index in [0.717, 1.165) is 12.8 Å². The van der Waals surface area contributed by atoms with Crippen molar-refractivity contribution in [1.29, 1.82) is 0 Å². The third-order valence-electron chi connectivity index (χ3n) is 2.93. The van der Waals surface area contributed by atoms with Gasteiger partial charge in [0.25, 0.3) is 0 Å². The molecule has 2 nitrogen and oxygen atoms in total. The molecule has 2 heteroatoms. The van der Waals surface area contributed by atoms with Gasteiger partial charge >= 0.3 is 0 Å². The van der Waals surface area contributed by atoms with Crippen molar-refractivity contribution in [2.75, 3.05) is 14.2 Å². The molecule has 0 amide bonds. The van der Waals surface area contributed by atoms with Crippen molar-refractivity contribution < 1.29 is 4.74 Å². The van der Waals surface area contributed by atoms with Crippen LogP contribution in [0.15, 0.2) is 12.7 Å². The van der Waals surface area contributed by atoms with E-state index in [2.05, 4.69) is 25.5 Å². The van der Waals surface area contributed by atoms with Crippen LogP contribution in [0, 0.1) is 0 Å². The van der Waals surface area contributed by atoms with Crippen molar-refractivity contribution in [3.05, 3.63) is 12.7 Å². The maximum absolute atomic E-state index is 5.37. The third kappa shape index (κ3) is 1.87. The minimum Gasteiger partial charge on any atom is -0.381 e. The number of likely N-dealkylation sites (tertiary alicyclic amines) is 1. The quantitative estimate of drug-likeness (QED) is 0.583. The summed E-state index contributed by atoms with van der Waals surface area (Å²) in [7, 11) is 3.95. The molecule has 0 aliphatic carbocycles. The lowest BCUT2D eigenvalue weighted by Gasteiger charge is -2.39. The molecule has 3 atom stereocenters. The lowest BCUT2D eigenvalue weighted by molar-refractivity contribution is 0.00749. The lowest BCUT2D eigenvalue weighted by Crippen LogP contribution is -2.46. The van der Waals surface area contributed by atoms with Gasteiger partial charge in [0, 0.05) is 19.2 Å². The Kier molecular flexibility index (Phi) is 3.29. The first-order chi connectivity index (χ1) is 5.69. The Morgan fingerprint density at radius 1 is 1.50 bits per heavy atom. The highest BCUT2D eigenvalue weighted by atomic mass is 16.5. The summed E-state index contributed by atoms with van der Waals surface area (Å²) in [5.74, 6) is 0. The van der Waals surface area contributed by atoms with E-state index >= 15 is 0 Å². The van der Waals surface area contributed by atoms with Crippen molar-refractivity contribution in [2.24, 2.45) is 0 Å². The van der Waals surface area contributed by atoms with E-state index in [1.165, 1.54) is 0 Å². The molecule has 1 aliphatic rings. The largest absolute Gasteiger partial charge is 0.381 e. The average molecular weight is 169 g/mol. The summed E-state index contributed by atoms with van der Waals surface area (Å²) in [4.78, 5) is 2.36. The molecule has 1 heterocycles. The summed E-state index contributed by atoms with van der Waals surface area (Å²) in [6.07, 6.45) is 4.65. The van der Waals surface area contributed by atoms with Crippen molar-refractivity contribution >= 4 is 0 Å². The molecule has 1 aliphatic heterocycles. The van der Waals surface area contributed by atoms with Crippen molar-refractivity contribution in [1.82, 2.24) is 4.90 Å². The summed E-state index contributed by atoms with van der Waals surface area (Å²) >= 11 is 0. The van der Waals surface area contributed by atoms with Crippen LogP contribution in [0.2, 0.25) is 0 Å². The SMILES string of the molecule is C=CC1CC(OC)CC(C)N1C. The van der Waals surface area contributed by atoms with Crippen LogP contribution in [-0.2, 0) is 4.74 Å². The summed E-state index contributed by atoms with van der Waals surface area (Å²) < 4.78 is 5.37. The number of hydrogen-bond donors (Lipinski definition) is 0. The monoisotopic (exact) mass is 169 g/mol. The molecule has 12 heavy (non-hydrogen) atoms. The van der Waals surface area contributed by atoms with Crippen LogP contribution >= 0.6 is 0 Å². The fraction of sp³-hybridized carbons (Fsp3) is 0.800. The summed E-state index contributed by atoms with van der Waals surface area (Å²) in [5, 5.41) is 0. The standard InChI is InChI=1S/C10H19NO/c1-5-9-7-10(12-4)6-8(2)11(9)3/h5,8-10H,1,6-7H2,2-4H3. The number of rotatable bonds is 2. The van der Waals surface area contributed by atoms with Gasteiger partial charge in [0.15, 0.2) is 0 Å². The van der Waals surface area contributed by atoms with E-state index in [0.29, 0.717) is 18.2 Å². The van der Waals surface area contributed by atoms with Gasteiger partial charge in [-0.15, -0.1) is 6.58 Å². The van der Waals surface area contributed by atoms with E-state index in [1.54, 1.807) is 7.11 Å². The Hall–Kier alpha value is -0.340. The highest BCUT2D eigenvalue weighted by Gasteiger charge is 2.28. The van der Waals surface area contributed by atoms with Gasteiger partial charge in [-0.3, -0.25) is 4.90 Å². The zero-order valence-corrected chi connectivity index (χ0v) is 8.29. The Morgan fingerprint density at radius 3 is 2.67 bits per heavy atom. The van der Waals surface area contributed by atoms with Gasteiger partial charge in [0.1, 0.15) is 0 Å². The second-order valence-corrected chi connectivity index (χ2v) is 3.65. The highest BCUT2D eigenvalue weighted by molar-refractivity contribution is 4.94. The van der Waals surface area contributed by atoms with Gasteiger partial charge in [-0.2, -0.15) is 0 Å². The predicted octanol–water partition coefficient (Wildman–Crippen LogP) is 1.67. The Balaban J connectivity index is 2.57. The maximum atomic E-state index is 5.37. The van der Waals surface area contributed by atoms with Crippen LogP contribution < -0.4 is 0 Å². The topological polar surface area (TPSA) is 12.5 Å². The zero-order valence-electron chi connectivity index (χ0n) is 8.29. The molecule has 0 aromatic heterocycles. The normalized spacial score (nSPS) is 38.1. The molecule has 0 aromatic rings. The first-order valence-corrected chi connectivity index (χ1v) is 4.56. The van der Waals surface area contributed by atoms with Crippen LogP contribution in [0.3, 0.4) is 0 Å². The van der Waals surface area contributed by atoms with Crippen LogP contribution in [0.4, 0.5) is 0 Å². The average Bonchev–Trinajstić information content (AvgIpc) is 2.09. The molecule has 1 saturated heterocycles. The first kappa shape index (κ1) is 9.75. The lowest BCUT2D eigenvalue weighted by atomic mass is 9.94. The van der Waals surface area contributed by atoms with Gasteiger partial charge in [-0.1, -0.05) is 6.08 Å². The Labute approximate surface area is 75.2 Å². The van der Waals surface area contributed by atoms with Crippen LogP contribution in [-0.4, -0.2) is 37.2 Å². The smallest absolute Gasteiger partial charge is 0.0604 e. The highest BCUT2D eigenvalue weighted by Crippen LogP contribution is 2.23. The number of piperidine rings is 1. The number of hydrogen-bond acceptors (Lipinski definition) is 2. The van der Waals surface area contributed by atoms with E-state index in [-0.39, 0.29) is 0 Å².